The standard InChI is InChI=1S/C18H32N4O2/c1-13(2)7-20-18(24)21-5-3-4-14(10-21)6-17(23)22-11-15-8-19-9-16(15)12-22/h13-16,19H,3-12H2,1-2H3,(H,20,24)/t14?,15-,16+. The molecule has 3 fully saturated rings. The maximum Gasteiger partial charge on any atom is 0.317 e. The van der Waals surface area contributed by atoms with Gasteiger partial charge in [-0.15, -0.1) is 0 Å². The maximum absolute atomic E-state index is 12.6. The van der Waals surface area contributed by atoms with E-state index in [4.69, 9.17) is 0 Å². The van der Waals surface area contributed by atoms with Crippen LogP contribution in [0, 0.1) is 23.7 Å². The Kier molecular flexibility index (Phi) is 5.64. The van der Waals surface area contributed by atoms with Gasteiger partial charge in [0.25, 0.3) is 0 Å². The minimum atomic E-state index is 0.0302. The lowest BCUT2D eigenvalue weighted by Crippen LogP contribution is -2.47. The van der Waals surface area contributed by atoms with Crippen LogP contribution in [0.5, 0.6) is 0 Å². The third-order valence-corrected chi connectivity index (χ3v) is 5.67. The number of carbonyl (C=O) groups is 2. The number of rotatable bonds is 4. The monoisotopic (exact) mass is 336 g/mol. The van der Waals surface area contributed by atoms with Gasteiger partial charge in [0.2, 0.25) is 5.91 Å². The normalized spacial score (nSPS) is 29.9. The number of amides is 3. The highest BCUT2D eigenvalue weighted by Crippen LogP contribution is 2.28. The highest BCUT2D eigenvalue weighted by molar-refractivity contribution is 5.77. The van der Waals surface area contributed by atoms with Crippen molar-refractivity contribution >= 4 is 11.9 Å². The molecule has 0 aliphatic carbocycles. The second-order valence-corrected chi connectivity index (χ2v) is 8.22. The quantitative estimate of drug-likeness (QED) is 0.809. The van der Waals surface area contributed by atoms with Gasteiger partial charge in [-0.1, -0.05) is 13.8 Å². The number of hydrogen-bond donors (Lipinski definition) is 2. The van der Waals surface area contributed by atoms with Gasteiger partial charge in [-0.3, -0.25) is 4.79 Å². The molecule has 3 aliphatic heterocycles. The van der Waals surface area contributed by atoms with E-state index in [2.05, 4.69) is 29.4 Å². The molecule has 0 aromatic carbocycles. The van der Waals surface area contributed by atoms with E-state index in [-0.39, 0.29) is 6.03 Å². The fourth-order valence-electron chi connectivity index (χ4n) is 4.25. The molecule has 1 unspecified atom stereocenters. The van der Waals surface area contributed by atoms with Crippen LogP contribution in [-0.4, -0.2) is 67.6 Å². The highest BCUT2D eigenvalue weighted by atomic mass is 16.2. The first kappa shape index (κ1) is 17.5. The van der Waals surface area contributed by atoms with Crippen molar-refractivity contribution in [2.75, 3.05) is 45.8 Å². The Bertz CT molecular complexity index is 456. The number of carbonyl (C=O) groups excluding carboxylic acids is 2. The number of piperidine rings is 1. The van der Waals surface area contributed by atoms with Gasteiger partial charge in [0.05, 0.1) is 0 Å². The molecule has 0 saturated carbocycles. The number of hydrogen-bond acceptors (Lipinski definition) is 3. The van der Waals surface area contributed by atoms with Gasteiger partial charge in [0.1, 0.15) is 0 Å². The first-order valence-corrected chi connectivity index (χ1v) is 9.54. The van der Waals surface area contributed by atoms with Gasteiger partial charge < -0.3 is 20.4 Å². The zero-order chi connectivity index (χ0) is 17.1. The fourth-order valence-corrected chi connectivity index (χ4v) is 4.25. The minimum absolute atomic E-state index is 0.0302. The Morgan fingerprint density at radius 1 is 1.12 bits per heavy atom. The van der Waals surface area contributed by atoms with Gasteiger partial charge >= 0.3 is 6.03 Å². The Morgan fingerprint density at radius 2 is 1.83 bits per heavy atom. The van der Waals surface area contributed by atoms with E-state index in [9.17, 15) is 9.59 Å². The zero-order valence-corrected chi connectivity index (χ0v) is 15.1. The molecular formula is C18H32N4O2. The topological polar surface area (TPSA) is 64.7 Å². The lowest BCUT2D eigenvalue weighted by Gasteiger charge is -2.33. The van der Waals surface area contributed by atoms with Crippen LogP contribution < -0.4 is 10.6 Å². The van der Waals surface area contributed by atoms with Crippen LogP contribution in [0.3, 0.4) is 0 Å². The number of nitrogens with zero attached hydrogens (tertiary/aromatic N) is 2. The second kappa shape index (κ2) is 7.72. The summed E-state index contributed by atoms with van der Waals surface area (Å²) in [6.07, 6.45) is 2.66. The average molecular weight is 336 g/mol. The predicted molar refractivity (Wildman–Crippen MR) is 93.6 cm³/mol. The van der Waals surface area contributed by atoms with Crippen LogP contribution in [0.15, 0.2) is 0 Å². The smallest absolute Gasteiger partial charge is 0.317 e. The van der Waals surface area contributed by atoms with Crippen LogP contribution in [0.1, 0.15) is 33.1 Å². The van der Waals surface area contributed by atoms with E-state index in [1.165, 1.54) is 0 Å². The predicted octanol–water partition coefficient (Wildman–Crippen LogP) is 1.13. The molecule has 0 bridgehead atoms. The van der Waals surface area contributed by atoms with Crippen molar-refractivity contribution in [2.45, 2.75) is 33.1 Å². The van der Waals surface area contributed by atoms with E-state index in [0.717, 1.165) is 52.1 Å². The first-order valence-electron chi connectivity index (χ1n) is 9.54. The van der Waals surface area contributed by atoms with E-state index >= 15 is 0 Å². The van der Waals surface area contributed by atoms with Gasteiger partial charge in [-0.25, -0.2) is 4.79 Å². The van der Waals surface area contributed by atoms with E-state index < -0.39 is 0 Å². The summed E-state index contributed by atoms with van der Waals surface area (Å²) in [4.78, 5) is 28.8. The number of nitrogens with one attached hydrogen (secondary N) is 2. The van der Waals surface area contributed by atoms with Crippen LogP contribution in [-0.2, 0) is 4.79 Å². The molecule has 24 heavy (non-hydrogen) atoms. The maximum atomic E-state index is 12.6. The summed E-state index contributed by atoms with van der Waals surface area (Å²) in [5, 5.41) is 6.41. The number of likely N-dealkylation sites (tertiary alicyclic amines) is 2. The number of fused-ring (bicyclic) bond motifs is 1. The molecule has 3 rings (SSSR count). The SMILES string of the molecule is CC(C)CNC(=O)N1CCCC(CC(=O)N2C[C@H]3CNC[C@H]3C2)C1. The molecule has 3 saturated heterocycles. The lowest BCUT2D eigenvalue weighted by molar-refractivity contribution is -0.131. The Morgan fingerprint density at radius 3 is 2.50 bits per heavy atom. The number of urea groups is 1. The average Bonchev–Trinajstić information content (AvgIpc) is 3.14. The summed E-state index contributed by atoms with van der Waals surface area (Å²) >= 11 is 0. The van der Waals surface area contributed by atoms with Crippen molar-refractivity contribution in [1.29, 1.82) is 0 Å². The molecule has 0 spiro atoms. The van der Waals surface area contributed by atoms with Crippen molar-refractivity contribution in [3.05, 3.63) is 0 Å². The summed E-state index contributed by atoms with van der Waals surface area (Å²) < 4.78 is 0. The molecule has 0 radical (unpaired) electrons. The molecule has 0 aromatic rings. The summed E-state index contributed by atoms with van der Waals surface area (Å²) in [6.45, 7) is 10.4. The van der Waals surface area contributed by atoms with Crippen molar-refractivity contribution in [3.63, 3.8) is 0 Å². The summed E-state index contributed by atoms with van der Waals surface area (Å²) in [7, 11) is 0. The first-order chi connectivity index (χ1) is 11.5. The molecule has 3 amide bonds. The molecule has 6 nitrogen and oxygen atoms in total. The summed E-state index contributed by atoms with van der Waals surface area (Å²) in [6, 6.07) is 0.0302. The van der Waals surface area contributed by atoms with Crippen molar-refractivity contribution in [3.8, 4) is 0 Å². The van der Waals surface area contributed by atoms with E-state index in [0.29, 0.717) is 42.5 Å². The highest BCUT2D eigenvalue weighted by Gasteiger charge is 2.38. The molecule has 2 N–H and O–H groups in total. The van der Waals surface area contributed by atoms with Crippen LogP contribution >= 0.6 is 0 Å². The van der Waals surface area contributed by atoms with Gasteiger partial charge in [-0.2, -0.15) is 0 Å². The Labute approximate surface area is 145 Å². The molecule has 3 aliphatic rings. The molecule has 6 heteroatoms. The molecular weight excluding hydrogens is 304 g/mol. The minimum Gasteiger partial charge on any atom is -0.342 e. The molecule has 3 heterocycles. The molecule has 3 atom stereocenters. The largest absolute Gasteiger partial charge is 0.342 e. The lowest BCUT2D eigenvalue weighted by atomic mass is 9.94. The van der Waals surface area contributed by atoms with Crippen LogP contribution in [0.4, 0.5) is 4.79 Å². The third kappa shape index (κ3) is 4.21. The van der Waals surface area contributed by atoms with Crippen molar-refractivity contribution in [2.24, 2.45) is 23.7 Å². The second-order valence-electron chi connectivity index (χ2n) is 8.22. The van der Waals surface area contributed by atoms with E-state index in [1.807, 2.05) is 4.90 Å². The van der Waals surface area contributed by atoms with Crippen molar-refractivity contribution < 1.29 is 9.59 Å². The fraction of sp³-hybridized carbons (Fsp3) is 0.889. The summed E-state index contributed by atoms with van der Waals surface area (Å²) in [5.74, 6) is 2.37. The third-order valence-electron chi connectivity index (χ3n) is 5.67. The Hall–Kier alpha value is -1.30. The van der Waals surface area contributed by atoms with Crippen LogP contribution in [0.2, 0.25) is 0 Å². The summed E-state index contributed by atoms with van der Waals surface area (Å²) in [5.41, 5.74) is 0. The van der Waals surface area contributed by atoms with Crippen molar-refractivity contribution in [1.82, 2.24) is 20.4 Å². The van der Waals surface area contributed by atoms with Gasteiger partial charge in [0, 0.05) is 52.2 Å². The van der Waals surface area contributed by atoms with E-state index in [1.54, 1.807) is 0 Å². The Balaban J connectivity index is 1.45. The molecule has 136 valence electrons. The zero-order valence-electron chi connectivity index (χ0n) is 15.1. The van der Waals surface area contributed by atoms with Gasteiger partial charge in [0.15, 0.2) is 0 Å². The molecule has 0 aromatic heterocycles. The van der Waals surface area contributed by atoms with Crippen LogP contribution in [0.25, 0.3) is 0 Å². The van der Waals surface area contributed by atoms with Gasteiger partial charge in [-0.05, 0) is 36.5 Å².